The normalized spacial score (nSPS) is 37.6. The molecule has 1 heterocycles. The van der Waals surface area contributed by atoms with E-state index in [9.17, 15) is 0 Å². The Hall–Kier alpha value is -1.38. The Morgan fingerprint density at radius 3 is 2.42 bits per heavy atom. The standard InChI is InChI=1S/C23H34O3/c1-21(2)9-7-10-23(4)18(21)8-11-22(3)16-12-15(24-5)13-17(25-6)20(16)26-14-19(22)23/h12-13,18-19H,7-11,14H2,1-6H3. The molecule has 4 unspecified atom stereocenters. The van der Waals surface area contributed by atoms with Gasteiger partial charge in [-0.05, 0) is 48.5 Å². The molecule has 0 bridgehead atoms. The Morgan fingerprint density at radius 2 is 1.73 bits per heavy atom. The number of methoxy groups -OCH3 is 2. The van der Waals surface area contributed by atoms with Crippen molar-refractivity contribution in [1.82, 2.24) is 0 Å². The highest BCUT2D eigenvalue weighted by molar-refractivity contribution is 5.56. The number of hydrogen-bond donors (Lipinski definition) is 0. The van der Waals surface area contributed by atoms with Crippen molar-refractivity contribution in [2.75, 3.05) is 20.8 Å². The van der Waals surface area contributed by atoms with Gasteiger partial charge >= 0.3 is 0 Å². The molecule has 3 aliphatic rings. The van der Waals surface area contributed by atoms with Crippen LogP contribution < -0.4 is 14.2 Å². The topological polar surface area (TPSA) is 27.7 Å². The van der Waals surface area contributed by atoms with Gasteiger partial charge < -0.3 is 14.2 Å². The minimum atomic E-state index is 0.119. The smallest absolute Gasteiger partial charge is 0.165 e. The summed E-state index contributed by atoms with van der Waals surface area (Å²) in [5.41, 5.74) is 2.17. The van der Waals surface area contributed by atoms with E-state index in [2.05, 4.69) is 33.8 Å². The zero-order chi connectivity index (χ0) is 18.7. The van der Waals surface area contributed by atoms with Crippen LogP contribution in [0, 0.1) is 22.7 Å². The van der Waals surface area contributed by atoms with Crippen LogP contribution in [0.1, 0.15) is 65.4 Å². The summed E-state index contributed by atoms with van der Waals surface area (Å²) < 4.78 is 17.6. The fourth-order valence-electron chi connectivity index (χ4n) is 6.93. The first-order chi connectivity index (χ1) is 12.3. The van der Waals surface area contributed by atoms with Crippen molar-refractivity contribution >= 4 is 0 Å². The van der Waals surface area contributed by atoms with Crippen LogP contribution in [0.3, 0.4) is 0 Å². The molecule has 0 amide bonds. The quantitative estimate of drug-likeness (QED) is 0.689. The summed E-state index contributed by atoms with van der Waals surface area (Å²) in [4.78, 5) is 0. The van der Waals surface area contributed by atoms with Crippen LogP contribution in [0.25, 0.3) is 0 Å². The maximum atomic E-state index is 6.38. The lowest BCUT2D eigenvalue weighted by Crippen LogP contribution is -2.59. The Balaban J connectivity index is 1.83. The molecular formula is C23H34O3. The number of fused-ring (bicyclic) bond motifs is 5. The maximum Gasteiger partial charge on any atom is 0.165 e. The fraction of sp³-hybridized carbons (Fsp3) is 0.739. The molecule has 3 heteroatoms. The average Bonchev–Trinajstić information content (AvgIpc) is 2.59. The highest BCUT2D eigenvalue weighted by atomic mass is 16.5. The number of benzene rings is 1. The summed E-state index contributed by atoms with van der Waals surface area (Å²) in [5.74, 6) is 3.92. The molecule has 4 atom stereocenters. The van der Waals surface area contributed by atoms with Crippen LogP contribution in [0.2, 0.25) is 0 Å². The van der Waals surface area contributed by atoms with E-state index in [1.165, 1.54) is 37.7 Å². The number of hydrogen-bond acceptors (Lipinski definition) is 3. The molecule has 1 aliphatic heterocycles. The van der Waals surface area contributed by atoms with E-state index in [1.807, 2.05) is 6.07 Å². The van der Waals surface area contributed by atoms with Crippen LogP contribution in [0.4, 0.5) is 0 Å². The number of rotatable bonds is 2. The third-order valence-corrected chi connectivity index (χ3v) is 8.29. The minimum absolute atomic E-state index is 0.119. The zero-order valence-electron chi connectivity index (χ0n) is 17.3. The highest BCUT2D eigenvalue weighted by Gasteiger charge is 2.60. The van der Waals surface area contributed by atoms with E-state index >= 15 is 0 Å². The Labute approximate surface area is 158 Å². The summed E-state index contributed by atoms with van der Waals surface area (Å²) in [7, 11) is 3.45. The van der Waals surface area contributed by atoms with Gasteiger partial charge in [0, 0.05) is 23.0 Å². The van der Waals surface area contributed by atoms with Gasteiger partial charge in [-0.1, -0.05) is 34.1 Å². The lowest BCUT2D eigenvalue weighted by atomic mass is 9.42. The second kappa shape index (κ2) is 5.81. The van der Waals surface area contributed by atoms with Gasteiger partial charge in [-0.25, -0.2) is 0 Å². The van der Waals surface area contributed by atoms with E-state index < -0.39 is 0 Å². The van der Waals surface area contributed by atoms with Gasteiger partial charge in [-0.15, -0.1) is 0 Å². The molecule has 0 saturated heterocycles. The largest absolute Gasteiger partial charge is 0.497 e. The van der Waals surface area contributed by atoms with Gasteiger partial charge in [-0.2, -0.15) is 0 Å². The second-order valence-electron chi connectivity index (χ2n) is 9.93. The maximum absolute atomic E-state index is 6.38. The van der Waals surface area contributed by atoms with Crippen molar-refractivity contribution in [2.45, 2.75) is 65.2 Å². The van der Waals surface area contributed by atoms with Gasteiger partial charge in [0.2, 0.25) is 0 Å². The van der Waals surface area contributed by atoms with Crippen LogP contribution in [-0.2, 0) is 5.41 Å². The van der Waals surface area contributed by atoms with Gasteiger partial charge in [-0.3, -0.25) is 0 Å². The van der Waals surface area contributed by atoms with Crippen LogP contribution in [0.15, 0.2) is 12.1 Å². The first kappa shape index (κ1) is 18.0. The van der Waals surface area contributed by atoms with E-state index in [4.69, 9.17) is 14.2 Å². The Morgan fingerprint density at radius 1 is 0.962 bits per heavy atom. The lowest BCUT2D eigenvalue weighted by Gasteiger charge is -2.63. The van der Waals surface area contributed by atoms with Crippen molar-refractivity contribution in [3.05, 3.63) is 17.7 Å². The third kappa shape index (κ3) is 2.31. The molecule has 0 N–H and O–H groups in total. The Bertz CT molecular complexity index is 710. The molecule has 0 aromatic heterocycles. The van der Waals surface area contributed by atoms with E-state index in [1.54, 1.807) is 14.2 Å². The summed E-state index contributed by atoms with van der Waals surface area (Å²) in [5, 5.41) is 0. The fourth-order valence-corrected chi connectivity index (χ4v) is 6.93. The average molecular weight is 359 g/mol. The van der Waals surface area contributed by atoms with Gasteiger partial charge in [0.1, 0.15) is 5.75 Å². The van der Waals surface area contributed by atoms with Gasteiger partial charge in [0.15, 0.2) is 11.5 Å². The van der Waals surface area contributed by atoms with Gasteiger partial charge in [0.25, 0.3) is 0 Å². The van der Waals surface area contributed by atoms with Crippen molar-refractivity contribution in [2.24, 2.45) is 22.7 Å². The summed E-state index contributed by atoms with van der Waals surface area (Å²) in [6.45, 7) is 10.8. The molecule has 144 valence electrons. The predicted octanol–water partition coefficient (Wildman–Crippen LogP) is 5.60. The SMILES string of the molecule is COc1cc(OC)c2c(c1)C1(C)CCC3C(C)(C)CCCC3(C)C1CO2. The lowest BCUT2D eigenvalue weighted by molar-refractivity contribution is -0.123. The molecule has 0 radical (unpaired) electrons. The first-order valence-electron chi connectivity index (χ1n) is 10.2. The van der Waals surface area contributed by atoms with E-state index in [-0.39, 0.29) is 5.41 Å². The van der Waals surface area contributed by atoms with E-state index in [0.29, 0.717) is 16.7 Å². The van der Waals surface area contributed by atoms with Crippen molar-refractivity contribution in [3.8, 4) is 17.2 Å². The van der Waals surface area contributed by atoms with Crippen molar-refractivity contribution in [3.63, 3.8) is 0 Å². The molecule has 2 saturated carbocycles. The molecule has 2 aliphatic carbocycles. The molecular weight excluding hydrogens is 324 g/mol. The minimum Gasteiger partial charge on any atom is -0.497 e. The molecule has 4 rings (SSSR count). The molecule has 0 spiro atoms. The van der Waals surface area contributed by atoms with Crippen molar-refractivity contribution in [1.29, 1.82) is 0 Å². The van der Waals surface area contributed by atoms with Crippen LogP contribution in [-0.4, -0.2) is 20.8 Å². The Kier molecular flexibility index (Phi) is 4.02. The predicted molar refractivity (Wildman–Crippen MR) is 104 cm³/mol. The van der Waals surface area contributed by atoms with Crippen LogP contribution in [0.5, 0.6) is 17.2 Å². The molecule has 1 aromatic carbocycles. The second-order valence-corrected chi connectivity index (χ2v) is 9.93. The first-order valence-corrected chi connectivity index (χ1v) is 10.2. The summed E-state index contributed by atoms with van der Waals surface area (Å²) in [6, 6.07) is 4.14. The van der Waals surface area contributed by atoms with Gasteiger partial charge in [0.05, 0.1) is 20.8 Å². The molecule has 1 aromatic rings. The monoisotopic (exact) mass is 358 g/mol. The molecule has 3 nitrogen and oxygen atoms in total. The summed E-state index contributed by atoms with van der Waals surface area (Å²) in [6.07, 6.45) is 6.53. The number of ether oxygens (including phenoxy) is 3. The molecule has 2 fully saturated rings. The van der Waals surface area contributed by atoms with Crippen molar-refractivity contribution < 1.29 is 14.2 Å². The summed E-state index contributed by atoms with van der Waals surface area (Å²) >= 11 is 0. The van der Waals surface area contributed by atoms with E-state index in [0.717, 1.165) is 29.8 Å². The van der Waals surface area contributed by atoms with Crippen LogP contribution >= 0.6 is 0 Å². The third-order valence-electron chi connectivity index (χ3n) is 8.29. The highest BCUT2D eigenvalue weighted by Crippen LogP contribution is 2.67. The molecule has 26 heavy (non-hydrogen) atoms. The zero-order valence-corrected chi connectivity index (χ0v) is 17.3.